The molecular formula is C12H15NO4. The Bertz CT molecular complexity index is 442. The van der Waals surface area contributed by atoms with Crippen molar-refractivity contribution < 1.29 is 19.4 Å². The van der Waals surface area contributed by atoms with Gasteiger partial charge >= 0.3 is 11.9 Å². The summed E-state index contributed by atoms with van der Waals surface area (Å²) in [7, 11) is 1.32. The van der Waals surface area contributed by atoms with Crippen molar-refractivity contribution in [1.29, 1.82) is 0 Å². The van der Waals surface area contributed by atoms with Crippen molar-refractivity contribution in [1.82, 2.24) is 0 Å². The molecule has 0 bridgehead atoms. The third-order valence-electron chi connectivity index (χ3n) is 2.58. The maximum Gasteiger partial charge on any atom is 0.337 e. The molecule has 0 aliphatic rings. The zero-order valence-electron chi connectivity index (χ0n) is 9.77. The molecule has 3 N–H and O–H groups in total. The van der Waals surface area contributed by atoms with Crippen LogP contribution in [0.1, 0.15) is 35.2 Å². The second-order valence-electron chi connectivity index (χ2n) is 3.83. The topological polar surface area (TPSA) is 89.6 Å². The van der Waals surface area contributed by atoms with Crippen LogP contribution in [0.2, 0.25) is 0 Å². The number of carbonyl (C=O) groups is 2. The normalized spacial score (nSPS) is 11.9. The van der Waals surface area contributed by atoms with E-state index in [1.54, 1.807) is 6.07 Å². The molecule has 17 heavy (non-hydrogen) atoms. The number of methoxy groups -OCH3 is 1. The van der Waals surface area contributed by atoms with E-state index in [0.29, 0.717) is 0 Å². The SMILES string of the molecule is COC(=O)CC(C)c1ccc(N)c(C(=O)O)c1. The first kappa shape index (κ1) is 13.0. The van der Waals surface area contributed by atoms with E-state index >= 15 is 0 Å². The average Bonchev–Trinajstić information content (AvgIpc) is 2.28. The summed E-state index contributed by atoms with van der Waals surface area (Å²) >= 11 is 0. The summed E-state index contributed by atoms with van der Waals surface area (Å²) in [6.07, 6.45) is 0.208. The quantitative estimate of drug-likeness (QED) is 0.613. The molecule has 92 valence electrons. The number of carbonyl (C=O) groups excluding carboxylic acids is 1. The van der Waals surface area contributed by atoms with E-state index in [-0.39, 0.29) is 29.6 Å². The van der Waals surface area contributed by atoms with Crippen molar-refractivity contribution in [3.63, 3.8) is 0 Å². The van der Waals surface area contributed by atoms with Gasteiger partial charge in [0.05, 0.1) is 19.1 Å². The van der Waals surface area contributed by atoms with E-state index in [4.69, 9.17) is 10.8 Å². The Balaban J connectivity index is 2.95. The molecule has 5 nitrogen and oxygen atoms in total. The number of aromatic carboxylic acids is 1. The first-order valence-electron chi connectivity index (χ1n) is 5.15. The van der Waals surface area contributed by atoms with E-state index in [9.17, 15) is 9.59 Å². The molecule has 0 aliphatic carbocycles. The van der Waals surface area contributed by atoms with Crippen molar-refractivity contribution in [2.24, 2.45) is 0 Å². The van der Waals surface area contributed by atoms with Crippen LogP contribution in [0.4, 0.5) is 5.69 Å². The number of carboxylic acid groups (broad SMARTS) is 1. The first-order chi connectivity index (χ1) is 7.95. The van der Waals surface area contributed by atoms with Gasteiger partial charge in [-0.25, -0.2) is 4.79 Å². The van der Waals surface area contributed by atoms with Crippen LogP contribution in [0, 0.1) is 0 Å². The molecule has 1 aromatic carbocycles. The summed E-state index contributed by atoms with van der Waals surface area (Å²) in [4.78, 5) is 22.0. The van der Waals surface area contributed by atoms with Gasteiger partial charge in [-0.05, 0) is 23.6 Å². The monoisotopic (exact) mass is 237 g/mol. The number of hydrogen-bond donors (Lipinski definition) is 2. The van der Waals surface area contributed by atoms with Crippen LogP contribution in [0.5, 0.6) is 0 Å². The smallest absolute Gasteiger partial charge is 0.337 e. The first-order valence-corrected chi connectivity index (χ1v) is 5.15. The minimum atomic E-state index is -1.07. The third kappa shape index (κ3) is 3.21. The Morgan fingerprint density at radius 3 is 2.65 bits per heavy atom. The van der Waals surface area contributed by atoms with E-state index < -0.39 is 5.97 Å². The number of esters is 1. The van der Waals surface area contributed by atoms with Crippen molar-refractivity contribution >= 4 is 17.6 Å². The van der Waals surface area contributed by atoms with Gasteiger partial charge in [-0.15, -0.1) is 0 Å². The highest BCUT2D eigenvalue weighted by molar-refractivity contribution is 5.93. The van der Waals surface area contributed by atoms with E-state index in [1.807, 2.05) is 6.92 Å². The fourth-order valence-electron chi connectivity index (χ4n) is 1.52. The fourth-order valence-corrected chi connectivity index (χ4v) is 1.52. The molecule has 0 spiro atoms. The molecule has 1 atom stereocenters. The van der Waals surface area contributed by atoms with Crippen LogP contribution in [0.15, 0.2) is 18.2 Å². The lowest BCUT2D eigenvalue weighted by Gasteiger charge is -2.12. The number of rotatable bonds is 4. The number of nitrogens with two attached hydrogens (primary N) is 1. The summed E-state index contributed by atoms with van der Waals surface area (Å²) in [5.74, 6) is -1.51. The molecule has 1 unspecified atom stereocenters. The van der Waals surface area contributed by atoms with Gasteiger partial charge < -0.3 is 15.6 Å². The van der Waals surface area contributed by atoms with Crippen LogP contribution < -0.4 is 5.73 Å². The van der Waals surface area contributed by atoms with Crippen molar-refractivity contribution in [2.45, 2.75) is 19.3 Å². The van der Waals surface area contributed by atoms with E-state index in [0.717, 1.165) is 5.56 Å². The summed E-state index contributed by atoms with van der Waals surface area (Å²) < 4.78 is 4.56. The van der Waals surface area contributed by atoms with Crippen molar-refractivity contribution in [3.8, 4) is 0 Å². The molecule has 0 amide bonds. The lowest BCUT2D eigenvalue weighted by molar-refractivity contribution is -0.140. The second-order valence-corrected chi connectivity index (χ2v) is 3.83. The number of carboxylic acids is 1. The predicted molar refractivity (Wildman–Crippen MR) is 62.9 cm³/mol. The zero-order valence-corrected chi connectivity index (χ0v) is 9.77. The highest BCUT2D eigenvalue weighted by Gasteiger charge is 2.15. The molecule has 0 radical (unpaired) electrons. The predicted octanol–water partition coefficient (Wildman–Crippen LogP) is 1.63. The Kier molecular flexibility index (Phi) is 4.09. The average molecular weight is 237 g/mol. The van der Waals surface area contributed by atoms with Gasteiger partial charge in [-0.3, -0.25) is 4.79 Å². The van der Waals surface area contributed by atoms with E-state index in [1.165, 1.54) is 19.2 Å². The van der Waals surface area contributed by atoms with Gasteiger partial charge in [-0.1, -0.05) is 13.0 Å². The Morgan fingerprint density at radius 1 is 1.47 bits per heavy atom. The van der Waals surface area contributed by atoms with Gasteiger partial charge in [0.1, 0.15) is 0 Å². The van der Waals surface area contributed by atoms with Gasteiger partial charge in [0.25, 0.3) is 0 Å². The van der Waals surface area contributed by atoms with Crippen molar-refractivity contribution in [2.75, 3.05) is 12.8 Å². The number of nitrogen functional groups attached to an aromatic ring is 1. The molecule has 1 aromatic rings. The summed E-state index contributed by atoms with van der Waals surface area (Å²) in [5.41, 5.74) is 6.57. The standard InChI is InChI=1S/C12H15NO4/c1-7(5-11(14)17-2)8-3-4-10(13)9(6-8)12(15)16/h3-4,6-7H,5,13H2,1-2H3,(H,15,16). The second kappa shape index (κ2) is 5.34. The van der Waals surface area contributed by atoms with Crippen LogP contribution in [0.25, 0.3) is 0 Å². The maximum atomic E-state index is 11.1. The summed E-state index contributed by atoms with van der Waals surface area (Å²) in [6, 6.07) is 4.74. The zero-order chi connectivity index (χ0) is 13.0. The van der Waals surface area contributed by atoms with Crippen LogP contribution in [-0.4, -0.2) is 24.2 Å². The Labute approximate surface area is 99.2 Å². The molecule has 0 saturated carbocycles. The minimum Gasteiger partial charge on any atom is -0.478 e. The molecule has 0 fully saturated rings. The summed E-state index contributed by atoms with van der Waals surface area (Å²) in [6.45, 7) is 1.83. The van der Waals surface area contributed by atoms with Gasteiger partial charge in [0, 0.05) is 5.69 Å². The Morgan fingerprint density at radius 2 is 2.12 bits per heavy atom. The molecule has 0 aliphatic heterocycles. The largest absolute Gasteiger partial charge is 0.478 e. The van der Waals surface area contributed by atoms with E-state index in [2.05, 4.69) is 4.74 Å². The number of benzene rings is 1. The highest BCUT2D eigenvalue weighted by Crippen LogP contribution is 2.23. The maximum absolute atomic E-state index is 11.1. The summed E-state index contributed by atoms with van der Waals surface area (Å²) in [5, 5.41) is 8.93. The molecule has 0 aromatic heterocycles. The minimum absolute atomic E-state index is 0.0548. The molecule has 0 saturated heterocycles. The lowest BCUT2D eigenvalue weighted by atomic mass is 9.95. The number of hydrogen-bond acceptors (Lipinski definition) is 4. The van der Waals surface area contributed by atoms with Crippen LogP contribution >= 0.6 is 0 Å². The third-order valence-corrected chi connectivity index (χ3v) is 2.58. The van der Waals surface area contributed by atoms with Crippen LogP contribution in [0.3, 0.4) is 0 Å². The molecule has 5 heteroatoms. The van der Waals surface area contributed by atoms with Gasteiger partial charge in [0.2, 0.25) is 0 Å². The highest BCUT2D eigenvalue weighted by atomic mass is 16.5. The van der Waals surface area contributed by atoms with Crippen LogP contribution in [-0.2, 0) is 9.53 Å². The van der Waals surface area contributed by atoms with Crippen molar-refractivity contribution in [3.05, 3.63) is 29.3 Å². The molecule has 1 rings (SSSR count). The molecule has 0 heterocycles. The molecular weight excluding hydrogens is 222 g/mol. The van der Waals surface area contributed by atoms with Gasteiger partial charge in [0.15, 0.2) is 0 Å². The van der Waals surface area contributed by atoms with Gasteiger partial charge in [-0.2, -0.15) is 0 Å². The Hall–Kier alpha value is -2.04. The number of anilines is 1. The fraction of sp³-hybridized carbons (Fsp3) is 0.333. The lowest BCUT2D eigenvalue weighted by Crippen LogP contribution is -2.08. The number of ether oxygens (including phenoxy) is 1.